The van der Waals surface area contributed by atoms with Crippen LogP contribution in [-0.4, -0.2) is 46.5 Å². The fourth-order valence-corrected chi connectivity index (χ4v) is 3.65. The van der Waals surface area contributed by atoms with E-state index in [9.17, 15) is 29.3 Å². The molecule has 0 radical (unpaired) electrons. The number of unbranched alkanes of at least 4 members (excludes halogenated alkanes) is 3. The van der Waals surface area contributed by atoms with E-state index in [1.54, 1.807) is 30.3 Å². The van der Waals surface area contributed by atoms with Crippen LogP contribution in [0.3, 0.4) is 0 Å². The number of imide groups is 1. The summed E-state index contributed by atoms with van der Waals surface area (Å²) < 4.78 is 5.18. The molecule has 2 aromatic rings. The van der Waals surface area contributed by atoms with Crippen molar-refractivity contribution in [2.24, 2.45) is 0 Å². The van der Waals surface area contributed by atoms with Crippen molar-refractivity contribution in [1.82, 2.24) is 4.90 Å². The number of hydrogen-bond donors (Lipinski definition) is 0. The van der Waals surface area contributed by atoms with Gasteiger partial charge in [-0.25, -0.2) is 4.79 Å². The van der Waals surface area contributed by atoms with E-state index in [2.05, 4.69) is 0 Å². The highest BCUT2D eigenvalue weighted by Crippen LogP contribution is 2.23. The predicted molar refractivity (Wildman–Crippen MR) is 123 cm³/mol. The zero-order valence-corrected chi connectivity index (χ0v) is 18.7. The van der Waals surface area contributed by atoms with E-state index in [-0.39, 0.29) is 35.2 Å². The number of fused-ring (bicyclic) bond motifs is 1. The summed E-state index contributed by atoms with van der Waals surface area (Å²) in [7, 11) is 0. The monoisotopic (exact) mass is 464 g/mol. The highest BCUT2D eigenvalue weighted by molar-refractivity contribution is 6.21. The molecule has 0 atom stereocenters. The molecule has 1 heterocycles. The Morgan fingerprint density at radius 3 is 2.15 bits per heavy atom. The van der Waals surface area contributed by atoms with Gasteiger partial charge in [0.2, 0.25) is 0 Å². The minimum atomic E-state index is -0.836. The SMILES string of the molecule is CC(=O)C(=Cc1ccccc1[N+](=O)[O-])C(=O)OCCCCCCN1C(=O)c2ccccc2C1=O. The number of para-hydroxylation sites is 1. The highest BCUT2D eigenvalue weighted by Gasteiger charge is 2.34. The lowest BCUT2D eigenvalue weighted by Gasteiger charge is -2.13. The molecule has 176 valence electrons. The van der Waals surface area contributed by atoms with Crippen LogP contribution in [0.1, 0.15) is 58.9 Å². The molecule has 2 amide bonds. The minimum absolute atomic E-state index is 0.0767. The van der Waals surface area contributed by atoms with Gasteiger partial charge in [-0.1, -0.05) is 30.7 Å². The molecular weight excluding hydrogens is 440 g/mol. The van der Waals surface area contributed by atoms with E-state index >= 15 is 0 Å². The standard InChI is InChI=1S/C25H24N2O7/c1-17(28)21(16-18-10-4-7-13-22(18)27(32)33)25(31)34-15-9-3-2-8-14-26-23(29)19-11-5-6-12-20(19)24(26)30/h4-7,10-13,16H,2-3,8-9,14-15H2,1H3. The Morgan fingerprint density at radius 1 is 0.941 bits per heavy atom. The number of ketones is 1. The van der Waals surface area contributed by atoms with Crippen LogP contribution in [0, 0.1) is 10.1 Å². The van der Waals surface area contributed by atoms with Crippen LogP contribution in [0.25, 0.3) is 6.08 Å². The second-order valence-corrected chi connectivity index (χ2v) is 7.79. The van der Waals surface area contributed by atoms with E-state index in [0.29, 0.717) is 36.9 Å². The van der Waals surface area contributed by atoms with E-state index in [4.69, 9.17) is 4.74 Å². The Balaban J connectivity index is 1.43. The van der Waals surface area contributed by atoms with Crippen molar-refractivity contribution in [2.45, 2.75) is 32.6 Å². The quantitative estimate of drug-likeness (QED) is 0.0720. The fraction of sp³-hybridized carbons (Fsp3) is 0.280. The van der Waals surface area contributed by atoms with Gasteiger partial charge in [0.05, 0.1) is 28.2 Å². The molecule has 9 nitrogen and oxygen atoms in total. The third-order valence-corrected chi connectivity index (χ3v) is 5.42. The number of amides is 2. The first-order valence-corrected chi connectivity index (χ1v) is 10.9. The summed E-state index contributed by atoms with van der Waals surface area (Å²) in [5, 5.41) is 11.2. The molecule has 0 N–H and O–H groups in total. The maximum absolute atomic E-state index is 12.4. The average Bonchev–Trinajstić information content (AvgIpc) is 3.06. The number of nitro groups is 1. The normalized spacial score (nSPS) is 13.1. The molecular formula is C25H24N2O7. The van der Waals surface area contributed by atoms with Gasteiger partial charge in [0, 0.05) is 12.6 Å². The van der Waals surface area contributed by atoms with Gasteiger partial charge in [-0.2, -0.15) is 0 Å². The molecule has 0 bridgehead atoms. The Hall–Kier alpha value is -4.14. The van der Waals surface area contributed by atoms with Crippen LogP contribution in [-0.2, 0) is 14.3 Å². The number of esters is 1. The van der Waals surface area contributed by atoms with Crippen molar-refractivity contribution in [3.05, 3.63) is 80.9 Å². The largest absolute Gasteiger partial charge is 0.462 e. The van der Waals surface area contributed by atoms with Gasteiger partial charge in [-0.15, -0.1) is 0 Å². The molecule has 34 heavy (non-hydrogen) atoms. The molecule has 0 aromatic heterocycles. The maximum Gasteiger partial charge on any atom is 0.341 e. The van der Waals surface area contributed by atoms with E-state index < -0.39 is 16.7 Å². The predicted octanol–water partition coefficient (Wildman–Crippen LogP) is 3.97. The van der Waals surface area contributed by atoms with Crippen molar-refractivity contribution in [1.29, 1.82) is 0 Å². The van der Waals surface area contributed by atoms with Gasteiger partial charge in [-0.05, 0) is 50.5 Å². The highest BCUT2D eigenvalue weighted by atomic mass is 16.6. The van der Waals surface area contributed by atoms with Crippen LogP contribution in [0.15, 0.2) is 54.1 Å². The number of nitrogens with zero attached hydrogens (tertiary/aromatic N) is 2. The molecule has 3 rings (SSSR count). The molecule has 1 aliphatic rings. The maximum atomic E-state index is 12.4. The molecule has 0 spiro atoms. The summed E-state index contributed by atoms with van der Waals surface area (Å²) in [6.45, 7) is 1.59. The van der Waals surface area contributed by atoms with Crippen molar-refractivity contribution in [2.75, 3.05) is 13.2 Å². The molecule has 2 aromatic carbocycles. The molecule has 1 aliphatic heterocycles. The number of Topliss-reactive ketones (excluding diaryl/α,β-unsaturated/α-hetero) is 1. The summed E-state index contributed by atoms with van der Waals surface area (Å²) in [6, 6.07) is 12.5. The lowest BCUT2D eigenvalue weighted by atomic mass is 10.1. The Bertz CT molecular complexity index is 1130. The number of ether oxygens (including phenoxy) is 1. The van der Waals surface area contributed by atoms with Crippen LogP contribution >= 0.6 is 0 Å². The Morgan fingerprint density at radius 2 is 1.53 bits per heavy atom. The van der Waals surface area contributed by atoms with Crippen molar-refractivity contribution >= 4 is 35.3 Å². The molecule has 9 heteroatoms. The summed E-state index contributed by atoms with van der Waals surface area (Å²) in [6.07, 6.45) is 3.74. The average molecular weight is 464 g/mol. The number of carbonyl (C=O) groups is 4. The second-order valence-electron chi connectivity index (χ2n) is 7.79. The minimum Gasteiger partial charge on any atom is -0.462 e. The second kappa shape index (κ2) is 11.1. The topological polar surface area (TPSA) is 124 Å². The van der Waals surface area contributed by atoms with Crippen LogP contribution in [0.2, 0.25) is 0 Å². The van der Waals surface area contributed by atoms with Gasteiger partial charge >= 0.3 is 5.97 Å². The van der Waals surface area contributed by atoms with Crippen molar-refractivity contribution < 1.29 is 28.8 Å². The van der Waals surface area contributed by atoms with Crippen LogP contribution in [0.4, 0.5) is 5.69 Å². The summed E-state index contributed by atoms with van der Waals surface area (Å²) in [5.74, 6) is -1.95. The third-order valence-electron chi connectivity index (χ3n) is 5.42. The van der Waals surface area contributed by atoms with Gasteiger partial charge < -0.3 is 4.74 Å². The Kier molecular flexibility index (Phi) is 8.02. The van der Waals surface area contributed by atoms with Crippen LogP contribution < -0.4 is 0 Å². The zero-order valence-electron chi connectivity index (χ0n) is 18.7. The molecule has 0 saturated carbocycles. The smallest absolute Gasteiger partial charge is 0.341 e. The fourth-order valence-electron chi connectivity index (χ4n) is 3.65. The first-order valence-electron chi connectivity index (χ1n) is 10.9. The van der Waals surface area contributed by atoms with Gasteiger partial charge in [0.1, 0.15) is 5.57 Å². The number of benzene rings is 2. The van der Waals surface area contributed by atoms with E-state index in [0.717, 1.165) is 6.42 Å². The molecule has 0 aliphatic carbocycles. The first-order chi connectivity index (χ1) is 16.3. The number of hydrogen-bond acceptors (Lipinski definition) is 7. The summed E-state index contributed by atoms with van der Waals surface area (Å²) in [4.78, 5) is 60.7. The zero-order chi connectivity index (χ0) is 24.7. The lowest BCUT2D eigenvalue weighted by molar-refractivity contribution is -0.385. The first kappa shape index (κ1) is 24.5. The van der Waals surface area contributed by atoms with E-state index in [1.807, 2.05) is 0 Å². The number of carbonyl (C=O) groups excluding carboxylic acids is 4. The van der Waals surface area contributed by atoms with Gasteiger partial charge in [0.15, 0.2) is 5.78 Å². The number of rotatable bonds is 11. The summed E-state index contributed by atoms with van der Waals surface area (Å²) >= 11 is 0. The third kappa shape index (κ3) is 5.61. The number of nitro benzene ring substituents is 1. The van der Waals surface area contributed by atoms with Gasteiger partial charge in [-0.3, -0.25) is 29.4 Å². The van der Waals surface area contributed by atoms with Crippen LogP contribution in [0.5, 0.6) is 0 Å². The van der Waals surface area contributed by atoms with Gasteiger partial charge in [0.25, 0.3) is 17.5 Å². The summed E-state index contributed by atoms with van der Waals surface area (Å²) in [5.41, 5.74) is 0.513. The lowest BCUT2D eigenvalue weighted by Crippen LogP contribution is -2.30. The van der Waals surface area contributed by atoms with Crippen molar-refractivity contribution in [3.63, 3.8) is 0 Å². The molecule has 0 fully saturated rings. The molecule has 0 saturated heterocycles. The van der Waals surface area contributed by atoms with E-state index in [1.165, 1.54) is 36.1 Å². The molecule has 0 unspecified atom stereocenters. The Labute approximate surface area is 196 Å². The van der Waals surface area contributed by atoms with Crippen molar-refractivity contribution in [3.8, 4) is 0 Å².